The minimum absolute atomic E-state index is 0.128. The first-order valence-electron chi connectivity index (χ1n) is 4.82. The molecule has 0 unspecified atom stereocenters. The second kappa shape index (κ2) is 4.45. The third-order valence-corrected chi connectivity index (χ3v) is 2.68. The molecule has 6 heteroatoms. The van der Waals surface area contributed by atoms with Gasteiger partial charge in [-0.2, -0.15) is 0 Å². The van der Waals surface area contributed by atoms with Gasteiger partial charge in [-0.15, -0.1) is 0 Å². The Hall–Kier alpha value is -1.04. The van der Waals surface area contributed by atoms with Gasteiger partial charge in [0, 0.05) is 16.7 Å². The number of amides is 1. The van der Waals surface area contributed by atoms with Crippen LogP contribution in [0.1, 0.15) is 35.3 Å². The molecule has 0 aromatic carbocycles. The second-order valence-corrected chi connectivity index (χ2v) is 4.56. The molecule has 0 bridgehead atoms. The summed E-state index contributed by atoms with van der Waals surface area (Å²) in [5.41, 5.74) is -0.530. The number of nitrogens with one attached hydrogen (secondary N) is 1. The molecule has 1 aliphatic carbocycles. The van der Waals surface area contributed by atoms with E-state index < -0.39 is 12.3 Å². The number of rotatable bonds is 3. The molecule has 86 valence electrons. The molecule has 2 rings (SSSR count). The zero-order chi connectivity index (χ0) is 11.7. The number of halogens is 3. The maximum absolute atomic E-state index is 12.7. The normalized spacial score (nSPS) is 15.2. The predicted molar refractivity (Wildman–Crippen MR) is 57.4 cm³/mol. The van der Waals surface area contributed by atoms with Crippen molar-refractivity contribution in [3.63, 3.8) is 0 Å². The van der Waals surface area contributed by atoms with Crippen molar-refractivity contribution in [2.24, 2.45) is 0 Å². The summed E-state index contributed by atoms with van der Waals surface area (Å²) in [6.45, 7) is 0. The third kappa shape index (κ3) is 2.55. The van der Waals surface area contributed by atoms with Crippen LogP contribution in [0.2, 0.25) is 0 Å². The number of pyridine rings is 1. The maximum Gasteiger partial charge on any atom is 0.270 e. The van der Waals surface area contributed by atoms with E-state index in [4.69, 9.17) is 0 Å². The zero-order valence-corrected chi connectivity index (χ0v) is 9.80. The molecule has 16 heavy (non-hydrogen) atoms. The lowest BCUT2D eigenvalue weighted by atomic mass is 10.2. The lowest BCUT2D eigenvalue weighted by Gasteiger charge is -2.08. The smallest absolute Gasteiger partial charge is 0.270 e. The van der Waals surface area contributed by atoms with Crippen molar-refractivity contribution >= 4 is 21.8 Å². The van der Waals surface area contributed by atoms with Gasteiger partial charge in [-0.1, -0.05) is 0 Å². The van der Waals surface area contributed by atoms with Crippen LogP contribution in [0.15, 0.2) is 16.7 Å². The molecule has 0 atom stereocenters. The van der Waals surface area contributed by atoms with Crippen LogP contribution in [0.4, 0.5) is 8.78 Å². The lowest BCUT2D eigenvalue weighted by molar-refractivity contribution is 0.0931. The van der Waals surface area contributed by atoms with Gasteiger partial charge in [-0.3, -0.25) is 4.79 Å². The summed E-state index contributed by atoms with van der Waals surface area (Å²) in [4.78, 5) is 15.4. The van der Waals surface area contributed by atoms with E-state index in [0.717, 1.165) is 12.8 Å². The van der Waals surface area contributed by atoms with Gasteiger partial charge in [0.25, 0.3) is 12.3 Å². The largest absolute Gasteiger partial charge is 0.348 e. The molecule has 1 aromatic rings. The molecule has 0 saturated heterocycles. The zero-order valence-electron chi connectivity index (χ0n) is 8.21. The fraction of sp³-hybridized carbons (Fsp3) is 0.400. The first-order valence-corrected chi connectivity index (χ1v) is 5.61. The summed E-state index contributed by atoms with van der Waals surface area (Å²) in [5.74, 6) is -0.523. The van der Waals surface area contributed by atoms with Crippen LogP contribution < -0.4 is 5.32 Å². The van der Waals surface area contributed by atoms with Gasteiger partial charge >= 0.3 is 0 Å². The summed E-state index contributed by atoms with van der Waals surface area (Å²) in [6.07, 6.45) is 0.455. The number of hydrogen-bond donors (Lipinski definition) is 1. The SMILES string of the molecule is O=C(NC1CC1)c1ncc(Br)cc1C(F)F. The summed E-state index contributed by atoms with van der Waals surface area (Å²) in [5, 5.41) is 2.63. The predicted octanol–water partition coefficient (Wildman–Crippen LogP) is 2.67. The minimum Gasteiger partial charge on any atom is -0.348 e. The van der Waals surface area contributed by atoms with Crippen LogP contribution in [0.5, 0.6) is 0 Å². The second-order valence-electron chi connectivity index (χ2n) is 3.64. The highest BCUT2D eigenvalue weighted by Gasteiger charge is 2.27. The van der Waals surface area contributed by atoms with Crippen LogP contribution in [-0.2, 0) is 0 Å². The Balaban J connectivity index is 2.26. The molecule has 1 aromatic heterocycles. The first-order chi connectivity index (χ1) is 7.58. The van der Waals surface area contributed by atoms with Crippen molar-refractivity contribution in [2.45, 2.75) is 25.3 Å². The average molecular weight is 291 g/mol. The molecule has 0 spiro atoms. The Bertz CT molecular complexity index is 421. The van der Waals surface area contributed by atoms with E-state index in [2.05, 4.69) is 26.2 Å². The first kappa shape index (κ1) is 11.4. The van der Waals surface area contributed by atoms with E-state index in [1.165, 1.54) is 12.3 Å². The highest BCUT2D eigenvalue weighted by molar-refractivity contribution is 9.10. The van der Waals surface area contributed by atoms with Gasteiger partial charge in [0.05, 0.1) is 5.56 Å². The number of carbonyl (C=O) groups excluding carboxylic acids is 1. The molecule has 3 nitrogen and oxygen atoms in total. The molecular weight excluding hydrogens is 282 g/mol. The molecule has 1 saturated carbocycles. The van der Waals surface area contributed by atoms with E-state index >= 15 is 0 Å². The molecule has 0 radical (unpaired) electrons. The lowest BCUT2D eigenvalue weighted by Crippen LogP contribution is -2.27. The van der Waals surface area contributed by atoms with Crippen LogP contribution >= 0.6 is 15.9 Å². The Morgan fingerprint density at radius 1 is 1.56 bits per heavy atom. The van der Waals surface area contributed by atoms with Crippen molar-refractivity contribution in [3.05, 3.63) is 28.0 Å². The molecule has 1 aliphatic rings. The topological polar surface area (TPSA) is 42.0 Å². The van der Waals surface area contributed by atoms with Gasteiger partial charge < -0.3 is 5.32 Å². The third-order valence-electron chi connectivity index (χ3n) is 2.25. The van der Waals surface area contributed by atoms with Crippen LogP contribution in [0.3, 0.4) is 0 Å². The van der Waals surface area contributed by atoms with Crippen molar-refractivity contribution in [2.75, 3.05) is 0 Å². The van der Waals surface area contributed by atoms with Crippen molar-refractivity contribution < 1.29 is 13.6 Å². The van der Waals surface area contributed by atoms with Crippen molar-refractivity contribution in [1.82, 2.24) is 10.3 Å². The Morgan fingerprint density at radius 2 is 2.25 bits per heavy atom. The molecule has 1 amide bonds. The van der Waals surface area contributed by atoms with E-state index in [-0.39, 0.29) is 17.3 Å². The minimum atomic E-state index is -2.70. The number of aromatic nitrogens is 1. The van der Waals surface area contributed by atoms with Crippen LogP contribution in [0.25, 0.3) is 0 Å². The standard InChI is InChI=1S/C10H9BrF2N2O/c11-5-3-7(9(12)13)8(14-4-5)10(16)15-6-1-2-6/h3-4,6,9H,1-2H2,(H,15,16). The van der Waals surface area contributed by atoms with E-state index in [9.17, 15) is 13.6 Å². The van der Waals surface area contributed by atoms with Gasteiger partial charge in [0.15, 0.2) is 0 Å². The van der Waals surface area contributed by atoms with Gasteiger partial charge in [-0.25, -0.2) is 13.8 Å². The number of alkyl halides is 2. The van der Waals surface area contributed by atoms with E-state index in [0.29, 0.717) is 4.47 Å². The summed E-state index contributed by atoms with van der Waals surface area (Å²) in [7, 11) is 0. The van der Waals surface area contributed by atoms with Crippen LogP contribution in [0, 0.1) is 0 Å². The highest BCUT2D eigenvalue weighted by Crippen LogP contribution is 2.26. The van der Waals surface area contributed by atoms with Gasteiger partial charge in [-0.05, 0) is 34.8 Å². The summed E-state index contributed by atoms with van der Waals surface area (Å²) < 4.78 is 25.8. The number of hydrogen-bond acceptors (Lipinski definition) is 2. The Labute approximate surface area is 99.4 Å². The molecule has 1 N–H and O–H groups in total. The molecular formula is C10H9BrF2N2O. The average Bonchev–Trinajstić information content (AvgIpc) is 3.01. The maximum atomic E-state index is 12.7. The summed E-state index contributed by atoms with van der Waals surface area (Å²) in [6, 6.07) is 1.35. The molecule has 0 aliphatic heterocycles. The van der Waals surface area contributed by atoms with E-state index in [1.54, 1.807) is 0 Å². The number of nitrogens with zero attached hydrogens (tertiary/aromatic N) is 1. The Morgan fingerprint density at radius 3 is 2.81 bits per heavy atom. The molecule has 1 heterocycles. The fourth-order valence-corrected chi connectivity index (χ4v) is 1.64. The van der Waals surface area contributed by atoms with Crippen LogP contribution in [-0.4, -0.2) is 16.9 Å². The summed E-state index contributed by atoms with van der Waals surface area (Å²) >= 11 is 3.05. The van der Waals surface area contributed by atoms with Gasteiger partial charge in [0.2, 0.25) is 0 Å². The number of carbonyl (C=O) groups is 1. The monoisotopic (exact) mass is 290 g/mol. The van der Waals surface area contributed by atoms with Crippen molar-refractivity contribution in [1.29, 1.82) is 0 Å². The Kier molecular flexibility index (Phi) is 3.18. The highest BCUT2D eigenvalue weighted by atomic mass is 79.9. The van der Waals surface area contributed by atoms with E-state index in [1.807, 2.05) is 0 Å². The fourth-order valence-electron chi connectivity index (χ4n) is 1.29. The van der Waals surface area contributed by atoms with Gasteiger partial charge in [0.1, 0.15) is 5.69 Å². The molecule has 1 fully saturated rings. The van der Waals surface area contributed by atoms with Crippen molar-refractivity contribution in [3.8, 4) is 0 Å². The quantitative estimate of drug-likeness (QED) is 0.930.